The van der Waals surface area contributed by atoms with Crippen molar-refractivity contribution >= 4 is 11.9 Å². The summed E-state index contributed by atoms with van der Waals surface area (Å²) in [6, 6.07) is 6.17. The summed E-state index contributed by atoms with van der Waals surface area (Å²) in [5.41, 5.74) is 1.02. The lowest BCUT2D eigenvalue weighted by Crippen LogP contribution is -2.12. The molecule has 2 heterocycles. The normalized spacial score (nSPS) is 10.1. The van der Waals surface area contributed by atoms with Gasteiger partial charge in [0.25, 0.3) is 0 Å². The fourth-order valence-corrected chi connectivity index (χ4v) is 1.59. The summed E-state index contributed by atoms with van der Waals surface area (Å²) in [6.45, 7) is 3.09. The molecule has 20 heavy (non-hydrogen) atoms. The molecule has 7 nitrogen and oxygen atoms in total. The number of nitrogens with one attached hydrogen (secondary N) is 2. The van der Waals surface area contributed by atoms with Crippen LogP contribution in [0.15, 0.2) is 24.4 Å². The highest BCUT2D eigenvalue weighted by molar-refractivity contribution is 5.35. The lowest BCUT2D eigenvalue weighted by molar-refractivity contribution is 0.312. The Labute approximate surface area is 117 Å². The second-order valence-electron chi connectivity index (χ2n) is 3.95. The van der Waals surface area contributed by atoms with Crippen LogP contribution in [0.3, 0.4) is 0 Å². The number of ether oxygens (including phenoxy) is 1. The minimum atomic E-state index is 0.312. The molecule has 0 fully saturated rings. The van der Waals surface area contributed by atoms with Gasteiger partial charge in [0, 0.05) is 31.9 Å². The van der Waals surface area contributed by atoms with Crippen molar-refractivity contribution in [1.29, 1.82) is 0 Å². The van der Waals surface area contributed by atoms with E-state index in [1.54, 1.807) is 13.2 Å². The molecule has 0 unspecified atom stereocenters. The first-order valence-corrected chi connectivity index (χ1v) is 6.52. The van der Waals surface area contributed by atoms with Crippen LogP contribution in [0.5, 0.6) is 6.01 Å². The van der Waals surface area contributed by atoms with E-state index in [9.17, 15) is 0 Å². The summed E-state index contributed by atoms with van der Waals surface area (Å²) in [6.07, 6.45) is 2.58. The first-order valence-electron chi connectivity index (χ1n) is 6.52. The van der Waals surface area contributed by atoms with Crippen LogP contribution in [-0.2, 0) is 6.42 Å². The first kappa shape index (κ1) is 14.0. The van der Waals surface area contributed by atoms with Crippen molar-refractivity contribution in [2.24, 2.45) is 0 Å². The molecule has 0 saturated heterocycles. The van der Waals surface area contributed by atoms with E-state index in [-0.39, 0.29) is 0 Å². The van der Waals surface area contributed by atoms with E-state index in [1.165, 1.54) is 0 Å². The Hall–Kier alpha value is -2.44. The van der Waals surface area contributed by atoms with E-state index in [0.717, 1.165) is 12.1 Å². The maximum Gasteiger partial charge on any atom is 0.323 e. The maximum absolute atomic E-state index is 5.30. The topological polar surface area (TPSA) is 84.9 Å². The van der Waals surface area contributed by atoms with Crippen molar-refractivity contribution in [3.63, 3.8) is 0 Å². The van der Waals surface area contributed by atoms with Gasteiger partial charge in [0.2, 0.25) is 11.9 Å². The summed E-state index contributed by atoms with van der Waals surface area (Å²) < 4.78 is 5.30. The van der Waals surface area contributed by atoms with E-state index in [1.807, 2.05) is 25.1 Å². The first-order chi connectivity index (χ1) is 9.81. The third-order valence-electron chi connectivity index (χ3n) is 2.50. The lowest BCUT2D eigenvalue weighted by Gasteiger charge is -2.08. The standard InChI is InChI=1S/C13H18N6O/c1-3-20-13-18-11(14-2)17-12(19-13)16-9-7-10-6-4-5-8-15-10/h4-6,8H,3,7,9H2,1-2H3,(H2,14,16,17,18,19). The molecule has 0 atom stereocenters. The Morgan fingerprint density at radius 2 is 2.00 bits per heavy atom. The van der Waals surface area contributed by atoms with E-state index >= 15 is 0 Å². The molecule has 0 amide bonds. The number of hydrogen-bond donors (Lipinski definition) is 2. The van der Waals surface area contributed by atoms with Crippen LogP contribution in [0.2, 0.25) is 0 Å². The smallest absolute Gasteiger partial charge is 0.323 e. The van der Waals surface area contributed by atoms with E-state index in [2.05, 4.69) is 30.6 Å². The molecule has 0 aromatic carbocycles. The zero-order chi connectivity index (χ0) is 14.2. The fourth-order valence-electron chi connectivity index (χ4n) is 1.59. The summed E-state index contributed by atoms with van der Waals surface area (Å²) in [4.78, 5) is 16.8. The van der Waals surface area contributed by atoms with E-state index in [0.29, 0.717) is 31.1 Å². The molecular weight excluding hydrogens is 256 g/mol. The molecular formula is C13H18N6O. The lowest BCUT2D eigenvalue weighted by atomic mass is 10.3. The highest BCUT2D eigenvalue weighted by atomic mass is 16.5. The molecule has 0 aliphatic rings. The van der Waals surface area contributed by atoms with Gasteiger partial charge in [-0.25, -0.2) is 0 Å². The molecule has 7 heteroatoms. The molecule has 0 radical (unpaired) electrons. The number of nitrogens with zero attached hydrogens (tertiary/aromatic N) is 4. The minimum Gasteiger partial charge on any atom is -0.464 e. The quantitative estimate of drug-likeness (QED) is 0.788. The maximum atomic E-state index is 5.30. The number of rotatable bonds is 7. The van der Waals surface area contributed by atoms with Gasteiger partial charge in [-0.3, -0.25) is 4.98 Å². The van der Waals surface area contributed by atoms with Crippen LogP contribution in [0.1, 0.15) is 12.6 Å². The Morgan fingerprint density at radius 3 is 2.70 bits per heavy atom. The van der Waals surface area contributed by atoms with Gasteiger partial charge in [0.1, 0.15) is 0 Å². The molecule has 0 spiro atoms. The van der Waals surface area contributed by atoms with Gasteiger partial charge >= 0.3 is 6.01 Å². The number of aromatic nitrogens is 4. The summed E-state index contributed by atoms with van der Waals surface area (Å²) >= 11 is 0. The van der Waals surface area contributed by atoms with Gasteiger partial charge in [0.05, 0.1) is 6.61 Å². The third-order valence-corrected chi connectivity index (χ3v) is 2.50. The average Bonchev–Trinajstić information content (AvgIpc) is 2.48. The molecule has 2 aromatic rings. The second-order valence-corrected chi connectivity index (χ2v) is 3.95. The predicted octanol–water partition coefficient (Wildman–Crippen LogP) is 1.36. The zero-order valence-electron chi connectivity index (χ0n) is 11.6. The number of pyridine rings is 1. The average molecular weight is 274 g/mol. The summed E-state index contributed by atoms with van der Waals surface area (Å²) in [5, 5.41) is 6.02. The largest absolute Gasteiger partial charge is 0.464 e. The fraction of sp³-hybridized carbons (Fsp3) is 0.385. The molecule has 0 bridgehead atoms. The van der Waals surface area contributed by atoms with Crippen molar-refractivity contribution in [2.75, 3.05) is 30.8 Å². The molecule has 106 valence electrons. The van der Waals surface area contributed by atoms with Crippen LogP contribution < -0.4 is 15.4 Å². The molecule has 2 rings (SSSR count). The highest BCUT2D eigenvalue weighted by Crippen LogP contribution is 2.10. The molecule has 0 aliphatic heterocycles. The van der Waals surface area contributed by atoms with Gasteiger partial charge in [0.15, 0.2) is 0 Å². The minimum absolute atomic E-state index is 0.312. The SMILES string of the molecule is CCOc1nc(NC)nc(NCCc2ccccn2)n1. The molecule has 2 N–H and O–H groups in total. The second kappa shape index (κ2) is 7.22. The Morgan fingerprint density at radius 1 is 1.15 bits per heavy atom. The van der Waals surface area contributed by atoms with E-state index < -0.39 is 0 Å². The zero-order valence-corrected chi connectivity index (χ0v) is 11.6. The van der Waals surface area contributed by atoms with Gasteiger partial charge in [-0.2, -0.15) is 15.0 Å². The number of hydrogen-bond acceptors (Lipinski definition) is 7. The highest BCUT2D eigenvalue weighted by Gasteiger charge is 2.05. The van der Waals surface area contributed by atoms with Crippen molar-refractivity contribution in [2.45, 2.75) is 13.3 Å². The summed E-state index contributed by atoms with van der Waals surface area (Å²) in [7, 11) is 1.75. The van der Waals surface area contributed by atoms with Crippen molar-refractivity contribution in [1.82, 2.24) is 19.9 Å². The molecule has 0 aliphatic carbocycles. The van der Waals surface area contributed by atoms with Gasteiger partial charge < -0.3 is 15.4 Å². The van der Waals surface area contributed by atoms with Gasteiger partial charge in [-0.1, -0.05) is 6.07 Å². The van der Waals surface area contributed by atoms with Crippen molar-refractivity contribution < 1.29 is 4.74 Å². The monoisotopic (exact) mass is 274 g/mol. The predicted molar refractivity (Wildman–Crippen MR) is 77.0 cm³/mol. The Bertz CT molecular complexity index is 534. The summed E-state index contributed by atoms with van der Waals surface area (Å²) in [5.74, 6) is 0.965. The molecule has 2 aromatic heterocycles. The van der Waals surface area contributed by atoms with Crippen LogP contribution >= 0.6 is 0 Å². The van der Waals surface area contributed by atoms with E-state index in [4.69, 9.17) is 4.74 Å². The Kier molecular flexibility index (Phi) is 5.05. The van der Waals surface area contributed by atoms with Crippen molar-refractivity contribution in [3.8, 4) is 6.01 Å². The van der Waals surface area contributed by atoms with Gasteiger partial charge in [-0.05, 0) is 19.1 Å². The van der Waals surface area contributed by atoms with Crippen LogP contribution in [0.25, 0.3) is 0 Å². The van der Waals surface area contributed by atoms with Crippen LogP contribution in [0.4, 0.5) is 11.9 Å². The third kappa shape index (κ3) is 4.04. The van der Waals surface area contributed by atoms with Crippen molar-refractivity contribution in [3.05, 3.63) is 30.1 Å². The van der Waals surface area contributed by atoms with Gasteiger partial charge in [-0.15, -0.1) is 0 Å². The number of anilines is 2. The molecule has 0 saturated carbocycles. The Balaban J connectivity index is 1.96. The van der Waals surface area contributed by atoms with Crippen LogP contribution in [-0.4, -0.2) is 40.1 Å². The van der Waals surface area contributed by atoms with Crippen LogP contribution in [0, 0.1) is 0 Å².